The van der Waals surface area contributed by atoms with Crippen molar-refractivity contribution in [2.45, 2.75) is 20.4 Å². The van der Waals surface area contributed by atoms with Crippen molar-refractivity contribution >= 4 is 11.7 Å². The highest BCUT2D eigenvalue weighted by molar-refractivity contribution is 6.05. The van der Waals surface area contributed by atoms with Gasteiger partial charge in [-0.2, -0.15) is 5.10 Å². The van der Waals surface area contributed by atoms with Crippen LogP contribution in [0.1, 0.15) is 28.4 Å². The Morgan fingerprint density at radius 2 is 1.88 bits per heavy atom. The van der Waals surface area contributed by atoms with Crippen LogP contribution in [0, 0.1) is 6.92 Å². The number of nitrogens with one attached hydrogen (secondary N) is 1. The number of aromatic nitrogens is 2. The van der Waals surface area contributed by atoms with E-state index in [2.05, 4.69) is 41.6 Å². The fraction of sp³-hybridized carbons (Fsp3) is 0.200. The van der Waals surface area contributed by atoms with Crippen LogP contribution in [0.5, 0.6) is 5.75 Å². The third-order valence-corrected chi connectivity index (χ3v) is 3.78. The number of hydrogen-bond donors (Lipinski definition) is 1. The van der Waals surface area contributed by atoms with Crippen LogP contribution in [0.4, 0.5) is 5.82 Å². The summed E-state index contributed by atoms with van der Waals surface area (Å²) in [6.45, 7) is 5.12. The Labute approximate surface area is 147 Å². The second-order valence-corrected chi connectivity index (χ2v) is 5.77. The third kappa shape index (κ3) is 4.26. The summed E-state index contributed by atoms with van der Waals surface area (Å²) in [6, 6.07) is 17.3. The summed E-state index contributed by atoms with van der Waals surface area (Å²) >= 11 is 0. The van der Waals surface area contributed by atoms with E-state index in [1.54, 1.807) is 22.9 Å². The molecule has 0 radical (unpaired) electrons. The van der Waals surface area contributed by atoms with Crippen molar-refractivity contribution in [3.8, 4) is 5.75 Å². The molecule has 0 aliphatic heterocycles. The summed E-state index contributed by atoms with van der Waals surface area (Å²) in [6.07, 6.45) is 1.85. The van der Waals surface area contributed by atoms with Gasteiger partial charge in [0, 0.05) is 12.3 Å². The zero-order valence-corrected chi connectivity index (χ0v) is 14.4. The number of amides is 1. The molecule has 0 saturated heterocycles. The zero-order chi connectivity index (χ0) is 17.6. The van der Waals surface area contributed by atoms with E-state index in [4.69, 9.17) is 4.74 Å². The standard InChI is InChI=1S/C20H21N3O2/c1-3-25-18-7-5-4-6-17(18)20(24)21-19-12-13-23(22-19)14-16-10-8-15(2)9-11-16/h4-13H,3,14H2,1-2H3,(H,21,22,24). The van der Waals surface area contributed by atoms with Crippen molar-refractivity contribution in [1.82, 2.24) is 9.78 Å². The first-order valence-electron chi connectivity index (χ1n) is 8.28. The van der Waals surface area contributed by atoms with Crippen molar-refractivity contribution in [3.05, 3.63) is 77.5 Å². The Hall–Kier alpha value is -3.08. The van der Waals surface area contributed by atoms with E-state index in [0.29, 0.717) is 30.3 Å². The molecule has 1 aromatic heterocycles. The first kappa shape index (κ1) is 16.8. The molecule has 1 amide bonds. The van der Waals surface area contributed by atoms with E-state index in [0.717, 1.165) is 5.56 Å². The second kappa shape index (κ2) is 7.66. The predicted octanol–water partition coefficient (Wildman–Crippen LogP) is 3.89. The van der Waals surface area contributed by atoms with Gasteiger partial charge in [0.05, 0.1) is 18.7 Å². The minimum absolute atomic E-state index is 0.232. The minimum atomic E-state index is -0.232. The van der Waals surface area contributed by atoms with Crippen molar-refractivity contribution < 1.29 is 9.53 Å². The maximum Gasteiger partial charge on any atom is 0.260 e. The Morgan fingerprint density at radius 1 is 1.12 bits per heavy atom. The number of ether oxygens (including phenoxy) is 1. The van der Waals surface area contributed by atoms with Gasteiger partial charge in [-0.05, 0) is 31.5 Å². The molecule has 3 rings (SSSR count). The molecule has 0 saturated carbocycles. The summed E-state index contributed by atoms with van der Waals surface area (Å²) in [5.41, 5.74) is 2.89. The largest absolute Gasteiger partial charge is 0.493 e. The topological polar surface area (TPSA) is 56.1 Å². The number of nitrogens with zero attached hydrogens (tertiary/aromatic N) is 2. The summed E-state index contributed by atoms with van der Waals surface area (Å²) < 4.78 is 7.30. The molecule has 0 aliphatic carbocycles. The smallest absolute Gasteiger partial charge is 0.260 e. The average molecular weight is 335 g/mol. The van der Waals surface area contributed by atoms with Gasteiger partial charge >= 0.3 is 0 Å². The van der Waals surface area contributed by atoms with E-state index in [-0.39, 0.29) is 5.91 Å². The number of aryl methyl sites for hydroxylation is 1. The van der Waals surface area contributed by atoms with Crippen LogP contribution in [0.2, 0.25) is 0 Å². The SMILES string of the molecule is CCOc1ccccc1C(=O)Nc1ccn(Cc2ccc(C)cc2)n1. The molecule has 0 atom stereocenters. The molecule has 3 aromatic rings. The number of carbonyl (C=O) groups excluding carboxylic acids is 1. The molecular formula is C20H21N3O2. The molecule has 0 bridgehead atoms. The van der Waals surface area contributed by atoms with Gasteiger partial charge in [0.25, 0.3) is 5.91 Å². The first-order valence-corrected chi connectivity index (χ1v) is 8.28. The summed E-state index contributed by atoms with van der Waals surface area (Å²) in [5, 5.41) is 7.23. The highest BCUT2D eigenvalue weighted by Crippen LogP contribution is 2.19. The number of rotatable bonds is 6. The lowest BCUT2D eigenvalue weighted by Crippen LogP contribution is -2.14. The molecule has 25 heavy (non-hydrogen) atoms. The monoisotopic (exact) mass is 335 g/mol. The second-order valence-electron chi connectivity index (χ2n) is 5.77. The maximum absolute atomic E-state index is 12.5. The molecule has 1 heterocycles. The lowest BCUT2D eigenvalue weighted by atomic mass is 10.1. The van der Waals surface area contributed by atoms with E-state index in [1.165, 1.54) is 5.56 Å². The zero-order valence-electron chi connectivity index (χ0n) is 14.4. The van der Waals surface area contributed by atoms with Crippen LogP contribution in [-0.4, -0.2) is 22.3 Å². The maximum atomic E-state index is 12.5. The van der Waals surface area contributed by atoms with Gasteiger partial charge in [0.2, 0.25) is 0 Å². The van der Waals surface area contributed by atoms with Crippen LogP contribution < -0.4 is 10.1 Å². The molecule has 0 spiro atoms. The van der Waals surface area contributed by atoms with E-state index in [9.17, 15) is 4.79 Å². The van der Waals surface area contributed by atoms with Crippen molar-refractivity contribution in [2.24, 2.45) is 0 Å². The van der Waals surface area contributed by atoms with Gasteiger partial charge < -0.3 is 10.1 Å². The van der Waals surface area contributed by atoms with Crippen LogP contribution in [0.15, 0.2) is 60.8 Å². The van der Waals surface area contributed by atoms with Gasteiger partial charge in [0.1, 0.15) is 5.75 Å². The molecule has 0 aliphatic rings. The number of benzene rings is 2. The van der Waals surface area contributed by atoms with Gasteiger partial charge in [0.15, 0.2) is 5.82 Å². The average Bonchev–Trinajstić information content (AvgIpc) is 3.04. The minimum Gasteiger partial charge on any atom is -0.493 e. The lowest BCUT2D eigenvalue weighted by Gasteiger charge is -2.09. The van der Waals surface area contributed by atoms with E-state index in [1.807, 2.05) is 25.3 Å². The van der Waals surface area contributed by atoms with Crippen molar-refractivity contribution in [2.75, 3.05) is 11.9 Å². The normalized spacial score (nSPS) is 10.5. The highest BCUT2D eigenvalue weighted by Gasteiger charge is 2.13. The van der Waals surface area contributed by atoms with E-state index < -0.39 is 0 Å². The van der Waals surface area contributed by atoms with Crippen LogP contribution >= 0.6 is 0 Å². The van der Waals surface area contributed by atoms with Gasteiger partial charge in [-0.15, -0.1) is 0 Å². The number of hydrogen-bond acceptors (Lipinski definition) is 3. The molecule has 128 valence electrons. The Bertz CT molecular complexity index is 853. The van der Waals surface area contributed by atoms with Gasteiger partial charge in [-0.25, -0.2) is 0 Å². The molecule has 0 fully saturated rings. The fourth-order valence-electron chi connectivity index (χ4n) is 2.52. The summed E-state index contributed by atoms with van der Waals surface area (Å²) in [5.74, 6) is 0.856. The predicted molar refractivity (Wildman–Crippen MR) is 98.1 cm³/mol. The molecule has 1 N–H and O–H groups in total. The summed E-state index contributed by atoms with van der Waals surface area (Å²) in [4.78, 5) is 12.5. The molecule has 0 unspecified atom stereocenters. The first-order chi connectivity index (χ1) is 12.2. The van der Waals surface area contributed by atoms with Crippen LogP contribution in [0.3, 0.4) is 0 Å². The Kier molecular flexibility index (Phi) is 5.14. The van der Waals surface area contributed by atoms with Gasteiger partial charge in [-0.3, -0.25) is 9.48 Å². The molecular weight excluding hydrogens is 314 g/mol. The van der Waals surface area contributed by atoms with Crippen LogP contribution in [-0.2, 0) is 6.54 Å². The van der Waals surface area contributed by atoms with Gasteiger partial charge in [-0.1, -0.05) is 42.0 Å². The molecule has 2 aromatic carbocycles. The highest BCUT2D eigenvalue weighted by atomic mass is 16.5. The summed E-state index contributed by atoms with van der Waals surface area (Å²) in [7, 11) is 0. The van der Waals surface area contributed by atoms with Crippen molar-refractivity contribution in [3.63, 3.8) is 0 Å². The van der Waals surface area contributed by atoms with E-state index >= 15 is 0 Å². The fourth-order valence-corrected chi connectivity index (χ4v) is 2.52. The van der Waals surface area contributed by atoms with Crippen LogP contribution in [0.25, 0.3) is 0 Å². The number of carbonyl (C=O) groups is 1. The quantitative estimate of drug-likeness (QED) is 0.743. The number of para-hydroxylation sites is 1. The third-order valence-electron chi connectivity index (χ3n) is 3.78. The Balaban J connectivity index is 1.69. The number of anilines is 1. The van der Waals surface area contributed by atoms with Crippen molar-refractivity contribution in [1.29, 1.82) is 0 Å². The Morgan fingerprint density at radius 3 is 2.64 bits per heavy atom. The molecule has 5 nitrogen and oxygen atoms in total. The lowest BCUT2D eigenvalue weighted by molar-refractivity contribution is 0.102. The molecule has 5 heteroatoms.